The fourth-order valence-electron chi connectivity index (χ4n) is 8.51. The number of carbonyl (C=O) groups excluding carboxylic acids is 1. The second kappa shape index (κ2) is 8.19. The van der Waals surface area contributed by atoms with Crippen molar-refractivity contribution in [2.24, 2.45) is 40.4 Å². The smallest absolute Gasteiger partial charge is 0.314 e. The number of fused-ring (bicyclic) bond motifs is 4. The Morgan fingerprint density at radius 3 is 2.55 bits per heavy atom. The zero-order chi connectivity index (χ0) is 22.6. The summed E-state index contributed by atoms with van der Waals surface area (Å²) in [4.78, 5) is 24.4. The summed E-state index contributed by atoms with van der Waals surface area (Å²) < 4.78 is 0. The average Bonchev–Trinajstić information content (AvgIpc) is 3.05. The van der Waals surface area contributed by atoms with E-state index in [4.69, 9.17) is 0 Å². The molecule has 31 heavy (non-hydrogen) atoms. The Hall–Kier alpha value is -1.38. The van der Waals surface area contributed by atoms with Gasteiger partial charge in [0, 0.05) is 6.42 Å². The van der Waals surface area contributed by atoms with Crippen LogP contribution in [0.2, 0.25) is 0 Å². The van der Waals surface area contributed by atoms with Gasteiger partial charge >= 0.3 is 5.97 Å². The predicted octanol–water partition coefficient (Wildman–Crippen LogP) is 6.97. The van der Waals surface area contributed by atoms with Crippen LogP contribution in [0.1, 0.15) is 98.8 Å². The van der Waals surface area contributed by atoms with Gasteiger partial charge in [0.2, 0.25) is 0 Å². The first-order valence-electron chi connectivity index (χ1n) is 12.7. The summed E-state index contributed by atoms with van der Waals surface area (Å²) in [6.07, 6.45) is 13.0. The number of rotatable bonds is 5. The molecule has 0 heterocycles. The van der Waals surface area contributed by atoms with E-state index in [2.05, 4.69) is 40.7 Å². The zero-order valence-electron chi connectivity index (χ0n) is 20.3. The first kappa shape index (κ1) is 22.8. The van der Waals surface area contributed by atoms with Crippen molar-refractivity contribution in [2.45, 2.75) is 98.8 Å². The van der Waals surface area contributed by atoms with Gasteiger partial charge in [-0.05, 0) is 106 Å². The van der Waals surface area contributed by atoms with Crippen LogP contribution in [0.3, 0.4) is 0 Å². The Bertz CT molecular complexity index is 816. The zero-order valence-corrected chi connectivity index (χ0v) is 20.3. The lowest BCUT2D eigenvalue weighted by Crippen LogP contribution is -2.50. The highest BCUT2D eigenvalue weighted by atomic mass is 16.4. The number of ketones is 1. The number of carboxylic acid groups (broad SMARTS) is 1. The molecule has 172 valence electrons. The molecule has 3 heteroatoms. The van der Waals surface area contributed by atoms with E-state index in [1.54, 1.807) is 11.1 Å². The maximum atomic E-state index is 12.5. The lowest BCUT2D eigenvalue weighted by molar-refractivity contribution is -0.154. The highest BCUT2D eigenvalue weighted by Gasteiger charge is 2.58. The van der Waals surface area contributed by atoms with Crippen molar-refractivity contribution in [1.29, 1.82) is 0 Å². The maximum absolute atomic E-state index is 12.5. The third kappa shape index (κ3) is 3.64. The largest absolute Gasteiger partial charge is 0.481 e. The highest BCUT2D eigenvalue weighted by Crippen LogP contribution is 2.66. The van der Waals surface area contributed by atoms with Crippen LogP contribution in [0.15, 0.2) is 22.8 Å². The molecule has 4 aliphatic rings. The molecule has 0 amide bonds. The fourth-order valence-corrected chi connectivity index (χ4v) is 8.51. The first-order chi connectivity index (χ1) is 14.6. The lowest BCUT2D eigenvalue weighted by Gasteiger charge is -2.55. The highest BCUT2D eigenvalue weighted by molar-refractivity contribution is 5.99. The third-order valence-corrected chi connectivity index (χ3v) is 10.1. The Kier molecular flexibility index (Phi) is 6.03. The Morgan fingerprint density at radius 1 is 1.13 bits per heavy atom. The third-order valence-electron chi connectivity index (χ3n) is 10.1. The van der Waals surface area contributed by atoms with Crippen LogP contribution in [-0.4, -0.2) is 16.9 Å². The van der Waals surface area contributed by atoms with Gasteiger partial charge in [-0.3, -0.25) is 9.59 Å². The summed E-state index contributed by atoms with van der Waals surface area (Å²) in [5.41, 5.74) is 4.99. The van der Waals surface area contributed by atoms with E-state index in [1.165, 1.54) is 37.7 Å². The number of allylic oxidation sites excluding steroid dienone is 4. The molecule has 1 unspecified atom stereocenters. The van der Waals surface area contributed by atoms with Gasteiger partial charge in [0.25, 0.3) is 0 Å². The minimum Gasteiger partial charge on any atom is -0.481 e. The SMILES string of the molecule is CC(C)=CCC[C@@H](C)[C@H]1CC[C@H]2C3=C(CC[C@]12C)[C@@]1(C)CCC(=O)C(C(=O)O)[C@@H]1CC3. The van der Waals surface area contributed by atoms with E-state index in [-0.39, 0.29) is 17.1 Å². The number of carbonyl (C=O) groups is 2. The van der Waals surface area contributed by atoms with Gasteiger partial charge in [0.05, 0.1) is 0 Å². The van der Waals surface area contributed by atoms with E-state index in [9.17, 15) is 14.7 Å². The first-order valence-corrected chi connectivity index (χ1v) is 12.7. The van der Waals surface area contributed by atoms with Crippen molar-refractivity contribution < 1.29 is 14.7 Å². The standard InChI is InChI=1S/C28H42O3/c1-17(2)7-6-8-18(3)20-11-12-21-19-9-10-23-25(26(30)31)24(29)14-16-28(23,5)22(19)13-15-27(20,21)4/h7,18,20-21,23,25H,6,8-16H2,1-5H3,(H,30,31)/t18-,20-,21+,23+,25?,27-,28-/m1/s1. The van der Waals surface area contributed by atoms with Crippen LogP contribution in [0.25, 0.3) is 0 Å². The van der Waals surface area contributed by atoms with Gasteiger partial charge in [0.15, 0.2) is 0 Å². The van der Waals surface area contributed by atoms with Crippen LogP contribution in [0.5, 0.6) is 0 Å². The summed E-state index contributed by atoms with van der Waals surface area (Å²) in [6, 6.07) is 0. The van der Waals surface area contributed by atoms with Crippen molar-refractivity contribution >= 4 is 11.8 Å². The van der Waals surface area contributed by atoms with E-state index in [0.717, 1.165) is 37.5 Å². The van der Waals surface area contributed by atoms with Crippen molar-refractivity contribution in [2.75, 3.05) is 0 Å². The lowest BCUT2D eigenvalue weighted by atomic mass is 9.49. The number of hydrogen-bond donors (Lipinski definition) is 1. The molecule has 3 nitrogen and oxygen atoms in total. The summed E-state index contributed by atoms with van der Waals surface area (Å²) in [7, 11) is 0. The average molecular weight is 427 g/mol. The minimum absolute atomic E-state index is 0.00505. The molecular formula is C28H42O3. The Morgan fingerprint density at radius 2 is 1.87 bits per heavy atom. The number of aliphatic carboxylic acids is 1. The van der Waals surface area contributed by atoms with Gasteiger partial charge in [-0.1, -0.05) is 43.6 Å². The molecular weight excluding hydrogens is 384 g/mol. The van der Waals surface area contributed by atoms with Gasteiger partial charge < -0.3 is 5.11 Å². The van der Waals surface area contributed by atoms with Crippen molar-refractivity contribution in [3.63, 3.8) is 0 Å². The fraction of sp³-hybridized carbons (Fsp3) is 0.786. The van der Waals surface area contributed by atoms with Gasteiger partial charge in [-0.15, -0.1) is 0 Å². The van der Waals surface area contributed by atoms with Crippen molar-refractivity contribution in [1.82, 2.24) is 0 Å². The van der Waals surface area contributed by atoms with E-state index >= 15 is 0 Å². The van der Waals surface area contributed by atoms with Gasteiger partial charge in [0.1, 0.15) is 11.7 Å². The molecule has 4 rings (SSSR count). The van der Waals surface area contributed by atoms with Crippen molar-refractivity contribution in [3.05, 3.63) is 22.8 Å². The molecule has 7 atom stereocenters. The van der Waals surface area contributed by atoms with Gasteiger partial charge in [-0.2, -0.15) is 0 Å². The molecule has 0 aromatic carbocycles. The molecule has 0 saturated heterocycles. The monoisotopic (exact) mass is 426 g/mol. The molecule has 0 aliphatic heterocycles. The molecule has 0 aromatic heterocycles. The van der Waals surface area contributed by atoms with Crippen LogP contribution < -0.4 is 0 Å². The van der Waals surface area contributed by atoms with E-state index in [0.29, 0.717) is 17.8 Å². The summed E-state index contributed by atoms with van der Waals surface area (Å²) >= 11 is 0. The molecule has 0 radical (unpaired) electrons. The van der Waals surface area contributed by atoms with E-state index in [1.807, 2.05) is 0 Å². The van der Waals surface area contributed by atoms with Crippen LogP contribution in [0, 0.1) is 40.4 Å². The molecule has 0 bridgehead atoms. The molecule has 0 aromatic rings. The van der Waals surface area contributed by atoms with Crippen molar-refractivity contribution in [3.8, 4) is 0 Å². The minimum atomic E-state index is -0.892. The molecule has 0 spiro atoms. The Balaban J connectivity index is 1.59. The topological polar surface area (TPSA) is 54.4 Å². The molecule has 1 N–H and O–H groups in total. The normalized spacial score (nSPS) is 40.6. The van der Waals surface area contributed by atoms with Crippen LogP contribution >= 0.6 is 0 Å². The van der Waals surface area contributed by atoms with E-state index < -0.39 is 11.9 Å². The second-order valence-corrected chi connectivity index (χ2v) is 11.9. The summed E-state index contributed by atoms with van der Waals surface area (Å²) in [5.74, 6) is 0.501. The molecule has 4 aliphatic carbocycles. The maximum Gasteiger partial charge on any atom is 0.314 e. The predicted molar refractivity (Wildman–Crippen MR) is 125 cm³/mol. The summed E-state index contributed by atoms with van der Waals surface area (Å²) in [6.45, 7) is 11.7. The molecule has 2 fully saturated rings. The number of carboxylic acids is 1. The molecule has 2 saturated carbocycles. The van der Waals surface area contributed by atoms with Crippen LogP contribution in [0.4, 0.5) is 0 Å². The Labute approximate surface area is 188 Å². The quantitative estimate of drug-likeness (QED) is 0.381. The number of Topliss-reactive ketones (excluding diaryl/α,β-unsaturated/α-hetero) is 1. The second-order valence-electron chi connectivity index (χ2n) is 11.9. The summed E-state index contributed by atoms with van der Waals surface area (Å²) in [5, 5.41) is 9.81. The number of hydrogen-bond acceptors (Lipinski definition) is 2. The van der Waals surface area contributed by atoms with Gasteiger partial charge in [-0.25, -0.2) is 0 Å². The van der Waals surface area contributed by atoms with Crippen LogP contribution in [-0.2, 0) is 9.59 Å².